The van der Waals surface area contributed by atoms with Crippen molar-refractivity contribution in [3.8, 4) is 0 Å². The minimum absolute atomic E-state index is 0.0977. The molecule has 2 rings (SSSR count). The molecule has 1 amide bonds. The van der Waals surface area contributed by atoms with Gasteiger partial charge in [-0.15, -0.1) is 0 Å². The van der Waals surface area contributed by atoms with Gasteiger partial charge < -0.3 is 5.32 Å². The molecule has 0 spiro atoms. The number of aryl methyl sites for hydroxylation is 3. The summed E-state index contributed by atoms with van der Waals surface area (Å²) in [6.45, 7) is 10.0. The van der Waals surface area contributed by atoms with Gasteiger partial charge in [0.25, 0.3) is 0 Å². The van der Waals surface area contributed by atoms with Crippen LogP contribution in [-0.4, -0.2) is 37.3 Å². The third-order valence-corrected chi connectivity index (χ3v) is 7.22. The second-order valence-corrected chi connectivity index (χ2v) is 8.85. The molecule has 1 aliphatic rings. The van der Waals surface area contributed by atoms with Gasteiger partial charge in [-0.05, 0) is 57.6 Å². The van der Waals surface area contributed by atoms with Gasteiger partial charge in [0.05, 0.1) is 4.90 Å². The summed E-state index contributed by atoms with van der Waals surface area (Å²) in [4.78, 5) is 13.0. The zero-order valence-electron chi connectivity index (χ0n) is 15.9. The maximum absolute atomic E-state index is 13.3. The normalized spacial score (nSPS) is 18.7. The van der Waals surface area contributed by atoms with Crippen molar-refractivity contribution in [2.24, 2.45) is 0 Å². The van der Waals surface area contributed by atoms with E-state index < -0.39 is 16.1 Å². The Morgan fingerprint density at radius 3 is 2.28 bits per heavy atom. The monoisotopic (exact) mass is 366 g/mol. The van der Waals surface area contributed by atoms with Gasteiger partial charge in [-0.3, -0.25) is 4.79 Å². The molecule has 1 aliphatic heterocycles. The van der Waals surface area contributed by atoms with Crippen molar-refractivity contribution in [3.63, 3.8) is 0 Å². The molecule has 0 saturated carbocycles. The van der Waals surface area contributed by atoms with E-state index in [0.717, 1.165) is 29.5 Å². The van der Waals surface area contributed by atoms with Crippen molar-refractivity contribution in [1.29, 1.82) is 0 Å². The van der Waals surface area contributed by atoms with Crippen LogP contribution < -0.4 is 5.32 Å². The zero-order chi connectivity index (χ0) is 18.8. The number of rotatable bonds is 6. The second-order valence-electron chi connectivity index (χ2n) is 7.02. The first-order valence-electron chi connectivity index (χ1n) is 9.12. The molecule has 0 aliphatic carbocycles. The van der Waals surface area contributed by atoms with Gasteiger partial charge in [-0.25, -0.2) is 8.42 Å². The lowest BCUT2D eigenvalue weighted by Crippen LogP contribution is -2.48. The topological polar surface area (TPSA) is 66.5 Å². The molecule has 25 heavy (non-hydrogen) atoms. The highest BCUT2D eigenvalue weighted by molar-refractivity contribution is 7.89. The van der Waals surface area contributed by atoms with Gasteiger partial charge in [0.2, 0.25) is 15.9 Å². The summed E-state index contributed by atoms with van der Waals surface area (Å²) < 4.78 is 27.9. The zero-order valence-corrected chi connectivity index (χ0v) is 16.7. The van der Waals surface area contributed by atoms with E-state index in [1.165, 1.54) is 4.31 Å². The number of amides is 1. The summed E-state index contributed by atoms with van der Waals surface area (Å²) in [7, 11) is -3.69. The quantitative estimate of drug-likeness (QED) is 0.841. The molecular formula is C19H30N2O3S. The first-order valence-corrected chi connectivity index (χ1v) is 10.6. The lowest BCUT2D eigenvalue weighted by atomic mass is 10.1. The molecule has 1 aromatic rings. The maximum atomic E-state index is 13.3. The molecule has 1 aromatic carbocycles. The largest absolute Gasteiger partial charge is 0.352 e. The fourth-order valence-electron chi connectivity index (χ4n) is 3.77. The molecule has 140 valence electrons. The lowest BCUT2D eigenvalue weighted by Gasteiger charge is -2.27. The van der Waals surface area contributed by atoms with Crippen molar-refractivity contribution < 1.29 is 13.2 Å². The summed E-state index contributed by atoms with van der Waals surface area (Å²) >= 11 is 0. The van der Waals surface area contributed by atoms with Crippen LogP contribution in [0.25, 0.3) is 0 Å². The minimum atomic E-state index is -3.69. The Bertz CT molecular complexity index is 716. The second kappa shape index (κ2) is 7.87. The third-order valence-electron chi connectivity index (χ3n) is 5.01. The van der Waals surface area contributed by atoms with Crippen LogP contribution in [0.1, 0.15) is 56.2 Å². The molecule has 6 heteroatoms. The fourth-order valence-corrected chi connectivity index (χ4v) is 5.84. The van der Waals surface area contributed by atoms with E-state index in [1.54, 1.807) is 0 Å². The number of nitrogens with zero attached hydrogens (tertiary/aromatic N) is 1. The number of carbonyl (C=O) groups excluding carboxylic acids is 1. The number of hydrogen-bond acceptors (Lipinski definition) is 3. The van der Waals surface area contributed by atoms with E-state index in [-0.39, 0.29) is 11.9 Å². The van der Waals surface area contributed by atoms with Gasteiger partial charge in [0, 0.05) is 12.6 Å². The van der Waals surface area contributed by atoms with Crippen molar-refractivity contribution in [1.82, 2.24) is 9.62 Å². The third kappa shape index (κ3) is 4.06. The molecule has 0 aromatic heterocycles. The van der Waals surface area contributed by atoms with Crippen LogP contribution in [-0.2, 0) is 14.8 Å². The molecule has 0 radical (unpaired) electrons. The summed E-state index contributed by atoms with van der Waals surface area (Å²) in [6.07, 6.45) is 2.98. The van der Waals surface area contributed by atoms with Crippen molar-refractivity contribution >= 4 is 15.9 Å². The van der Waals surface area contributed by atoms with Crippen LogP contribution in [0.15, 0.2) is 17.0 Å². The van der Waals surface area contributed by atoms with E-state index in [0.29, 0.717) is 24.3 Å². The average molecular weight is 367 g/mol. The highest BCUT2D eigenvalue weighted by atomic mass is 32.2. The van der Waals surface area contributed by atoms with E-state index >= 15 is 0 Å². The van der Waals surface area contributed by atoms with E-state index in [9.17, 15) is 13.2 Å². The molecule has 0 unspecified atom stereocenters. The predicted octanol–water partition coefficient (Wildman–Crippen LogP) is 3.07. The standard InChI is InChI=1S/C19H30N2O3S/c1-6-16(7-2)20-19(22)17-9-8-10-21(17)25(23,24)18-14(4)11-13(3)12-15(18)5/h11-12,16-17H,6-10H2,1-5H3,(H,20,22)/t17-/m0/s1. The molecule has 1 fully saturated rings. The Morgan fingerprint density at radius 1 is 1.20 bits per heavy atom. The molecule has 1 saturated heterocycles. The van der Waals surface area contributed by atoms with Crippen molar-refractivity contribution in [2.45, 2.75) is 77.3 Å². The smallest absolute Gasteiger partial charge is 0.244 e. The van der Waals surface area contributed by atoms with Crippen LogP contribution >= 0.6 is 0 Å². The van der Waals surface area contributed by atoms with Gasteiger partial charge in [0.15, 0.2) is 0 Å². The van der Waals surface area contributed by atoms with Gasteiger partial charge in [-0.1, -0.05) is 31.5 Å². The van der Waals surface area contributed by atoms with Crippen molar-refractivity contribution in [3.05, 3.63) is 28.8 Å². The Morgan fingerprint density at radius 2 is 1.76 bits per heavy atom. The highest BCUT2D eigenvalue weighted by Gasteiger charge is 2.40. The first kappa shape index (κ1) is 19.9. The Kier molecular flexibility index (Phi) is 6.27. The molecule has 0 bridgehead atoms. The average Bonchev–Trinajstić information content (AvgIpc) is 3.01. The van der Waals surface area contributed by atoms with E-state index in [1.807, 2.05) is 46.8 Å². The van der Waals surface area contributed by atoms with Crippen LogP contribution in [0.3, 0.4) is 0 Å². The predicted molar refractivity (Wildman–Crippen MR) is 100 cm³/mol. The van der Waals surface area contributed by atoms with E-state index in [2.05, 4.69) is 5.32 Å². The SMILES string of the molecule is CCC(CC)NC(=O)[C@@H]1CCCN1S(=O)(=O)c1c(C)cc(C)cc1C. The minimum Gasteiger partial charge on any atom is -0.352 e. The van der Waals surface area contributed by atoms with Crippen LogP contribution in [0.5, 0.6) is 0 Å². The van der Waals surface area contributed by atoms with Gasteiger partial charge in [0.1, 0.15) is 6.04 Å². The molecule has 1 atom stereocenters. The highest BCUT2D eigenvalue weighted by Crippen LogP contribution is 2.30. The summed E-state index contributed by atoms with van der Waals surface area (Å²) in [5.41, 5.74) is 2.52. The number of hydrogen-bond donors (Lipinski definition) is 1. The first-order chi connectivity index (χ1) is 11.7. The molecule has 1 N–H and O–H groups in total. The molecule has 5 nitrogen and oxygen atoms in total. The summed E-state index contributed by atoms with van der Waals surface area (Å²) in [5.74, 6) is -0.169. The Labute approximate surface area is 151 Å². The summed E-state index contributed by atoms with van der Waals surface area (Å²) in [5, 5.41) is 3.01. The maximum Gasteiger partial charge on any atom is 0.244 e. The van der Waals surface area contributed by atoms with E-state index in [4.69, 9.17) is 0 Å². The molecule has 1 heterocycles. The number of benzene rings is 1. The Hall–Kier alpha value is -1.40. The Balaban J connectivity index is 2.34. The lowest BCUT2D eigenvalue weighted by molar-refractivity contribution is -0.125. The fraction of sp³-hybridized carbons (Fsp3) is 0.632. The summed E-state index contributed by atoms with van der Waals surface area (Å²) in [6, 6.07) is 3.26. The number of carbonyl (C=O) groups is 1. The van der Waals surface area contributed by atoms with Gasteiger partial charge in [-0.2, -0.15) is 4.31 Å². The number of sulfonamides is 1. The number of nitrogens with one attached hydrogen (secondary N) is 1. The van der Waals surface area contributed by atoms with Gasteiger partial charge >= 0.3 is 0 Å². The van der Waals surface area contributed by atoms with Crippen LogP contribution in [0.4, 0.5) is 0 Å². The molecular weight excluding hydrogens is 336 g/mol. The van der Waals surface area contributed by atoms with Crippen LogP contribution in [0, 0.1) is 20.8 Å². The van der Waals surface area contributed by atoms with Crippen LogP contribution in [0.2, 0.25) is 0 Å². The van der Waals surface area contributed by atoms with Crippen molar-refractivity contribution in [2.75, 3.05) is 6.54 Å².